The fourth-order valence-electron chi connectivity index (χ4n) is 1.94. The summed E-state index contributed by atoms with van der Waals surface area (Å²) in [5.74, 6) is -0.796. The topological polar surface area (TPSA) is 58.6 Å². The molecule has 0 bridgehead atoms. The van der Waals surface area contributed by atoms with E-state index in [4.69, 9.17) is 4.74 Å². The Hall–Kier alpha value is -1.55. The number of hydrogen-bond donors (Lipinski definition) is 2. The molecule has 0 aliphatic rings. The second kappa shape index (κ2) is 8.53. The minimum absolute atomic E-state index is 0.524. The number of para-hydroxylation sites is 1. The van der Waals surface area contributed by atoms with E-state index in [1.54, 1.807) is 7.11 Å². The summed E-state index contributed by atoms with van der Waals surface area (Å²) in [6.07, 6.45) is 3.32. The lowest BCUT2D eigenvalue weighted by Crippen LogP contribution is -2.29. The summed E-state index contributed by atoms with van der Waals surface area (Å²) in [6.45, 7) is 2.69. The van der Waals surface area contributed by atoms with Crippen LogP contribution in [0.5, 0.6) is 0 Å². The van der Waals surface area contributed by atoms with Gasteiger partial charge in [-0.1, -0.05) is 38.0 Å². The number of hydrogen-bond acceptors (Lipinski definition) is 3. The smallest absolute Gasteiger partial charge is 0.326 e. The Morgan fingerprint density at radius 3 is 2.79 bits per heavy atom. The number of nitrogens with one attached hydrogen (secondary N) is 1. The van der Waals surface area contributed by atoms with E-state index in [0.717, 1.165) is 30.5 Å². The van der Waals surface area contributed by atoms with Crippen LogP contribution in [0.25, 0.3) is 0 Å². The van der Waals surface area contributed by atoms with Gasteiger partial charge in [-0.15, -0.1) is 0 Å². The Morgan fingerprint density at radius 2 is 2.16 bits per heavy atom. The van der Waals surface area contributed by atoms with Gasteiger partial charge in [0.15, 0.2) is 0 Å². The van der Waals surface area contributed by atoms with Crippen molar-refractivity contribution in [3.63, 3.8) is 0 Å². The number of carboxylic acid groups (broad SMARTS) is 1. The molecule has 1 aromatic rings. The molecule has 4 nitrogen and oxygen atoms in total. The Labute approximate surface area is 114 Å². The molecule has 0 spiro atoms. The van der Waals surface area contributed by atoms with Crippen LogP contribution in [0.15, 0.2) is 24.3 Å². The van der Waals surface area contributed by atoms with Crippen molar-refractivity contribution in [2.24, 2.45) is 0 Å². The van der Waals surface area contributed by atoms with Crippen LogP contribution < -0.4 is 5.32 Å². The molecule has 19 heavy (non-hydrogen) atoms. The van der Waals surface area contributed by atoms with Crippen molar-refractivity contribution in [1.82, 2.24) is 0 Å². The van der Waals surface area contributed by atoms with Crippen molar-refractivity contribution in [2.75, 3.05) is 19.0 Å². The molecule has 0 saturated heterocycles. The Bertz CT molecular complexity index is 393. The third-order valence-electron chi connectivity index (χ3n) is 3.07. The lowest BCUT2D eigenvalue weighted by molar-refractivity contribution is -0.138. The molecule has 1 rings (SSSR count). The third-order valence-corrected chi connectivity index (χ3v) is 3.07. The van der Waals surface area contributed by atoms with Gasteiger partial charge in [-0.3, -0.25) is 0 Å². The third kappa shape index (κ3) is 5.30. The van der Waals surface area contributed by atoms with Gasteiger partial charge in [-0.2, -0.15) is 0 Å². The second-order valence-corrected chi connectivity index (χ2v) is 4.58. The summed E-state index contributed by atoms with van der Waals surface area (Å²) in [4.78, 5) is 11.2. The molecule has 2 N–H and O–H groups in total. The van der Waals surface area contributed by atoms with Crippen molar-refractivity contribution in [2.45, 2.75) is 38.6 Å². The largest absolute Gasteiger partial charge is 0.480 e. The van der Waals surface area contributed by atoms with Crippen molar-refractivity contribution in [1.29, 1.82) is 0 Å². The van der Waals surface area contributed by atoms with Crippen LogP contribution in [0.2, 0.25) is 0 Å². The number of methoxy groups -OCH3 is 1. The number of rotatable bonds is 9. The van der Waals surface area contributed by atoms with Crippen molar-refractivity contribution in [3.05, 3.63) is 29.8 Å². The highest BCUT2D eigenvalue weighted by atomic mass is 16.5. The predicted molar refractivity (Wildman–Crippen MR) is 76.6 cm³/mol. The molecule has 0 heterocycles. The van der Waals surface area contributed by atoms with Crippen molar-refractivity contribution in [3.8, 4) is 0 Å². The second-order valence-electron chi connectivity index (χ2n) is 4.58. The number of carboxylic acids is 1. The monoisotopic (exact) mass is 265 g/mol. The maximum Gasteiger partial charge on any atom is 0.326 e. The van der Waals surface area contributed by atoms with Crippen LogP contribution in [0.1, 0.15) is 31.7 Å². The van der Waals surface area contributed by atoms with Gasteiger partial charge in [-0.05, 0) is 24.5 Å². The highest BCUT2D eigenvalue weighted by Crippen LogP contribution is 2.18. The summed E-state index contributed by atoms with van der Waals surface area (Å²) >= 11 is 0. The fraction of sp³-hybridized carbons (Fsp3) is 0.533. The molecule has 4 heteroatoms. The summed E-state index contributed by atoms with van der Waals surface area (Å²) in [6, 6.07) is 7.27. The van der Waals surface area contributed by atoms with E-state index in [9.17, 15) is 9.90 Å². The van der Waals surface area contributed by atoms with E-state index >= 15 is 0 Å². The average Bonchev–Trinajstić information content (AvgIpc) is 2.41. The van der Waals surface area contributed by atoms with Crippen LogP contribution in [-0.2, 0) is 16.0 Å². The average molecular weight is 265 g/mol. The molecule has 1 atom stereocenters. The number of ether oxygens (including phenoxy) is 1. The number of benzene rings is 1. The molecule has 0 aromatic heterocycles. The SMILES string of the molecule is CCCCC(Nc1ccccc1CCOC)C(=O)O. The number of anilines is 1. The Kier molecular flexibility index (Phi) is 6.97. The fourth-order valence-corrected chi connectivity index (χ4v) is 1.94. The summed E-state index contributed by atoms with van der Waals surface area (Å²) in [5.41, 5.74) is 1.98. The zero-order valence-electron chi connectivity index (χ0n) is 11.7. The Morgan fingerprint density at radius 1 is 1.42 bits per heavy atom. The Balaban J connectivity index is 2.74. The first-order chi connectivity index (χ1) is 9.19. The van der Waals surface area contributed by atoms with Crippen LogP contribution >= 0.6 is 0 Å². The molecule has 1 unspecified atom stereocenters. The van der Waals surface area contributed by atoms with Gasteiger partial charge < -0.3 is 15.2 Å². The van der Waals surface area contributed by atoms with Gasteiger partial charge in [0.1, 0.15) is 6.04 Å². The van der Waals surface area contributed by atoms with E-state index < -0.39 is 12.0 Å². The molecule has 0 aliphatic carbocycles. The van der Waals surface area contributed by atoms with Gasteiger partial charge in [0.2, 0.25) is 0 Å². The molecule has 0 aliphatic heterocycles. The van der Waals surface area contributed by atoms with Crippen LogP contribution in [0.4, 0.5) is 5.69 Å². The van der Waals surface area contributed by atoms with Gasteiger partial charge >= 0.3 is 5.97 Å². The number of unbranched alkanes of at least 4 members (excludes halogenated alkanes) is 1. The van der Waals surface area contributed by atoms with E-state index in [1.165, 1.54) is 0 Å². The molecule has 0 saturated carbocycles. The first-order valence-electron chi connectivity index (χ1n) is 6.75. The van der Waals surface area contributed by atoms with Crippen molar-refractivity contribution < 1.29 is 14.6 Å². The van der Waals surface area contributed by atoms with Crippen molar-refractivity contribution >= 4 is 11.7 Å². The van der Waals surface area contributed by atoms with Crippen LogP contribution in [0.3, 0.4) is 0 Å². The van der Waals surface area contributed by atoms with E-state index in [1.807, 2.05) is 24.3 Å². The van der Waals surface area contributed by atoms with E-state index in [-0.39, 0.29) is 0 Å². The highest BCUT2D eigenvalue weighted by molar-refractivity contribution is 5.77. The van der Waals surface area contributed by atoms with Gasteiger partial charge in [0.25, 0.3) is 0 Å². The molecular weight excluding hydrogens is 242 g/mol. The standard InChI is InChI=1S/C15H23NO3/c1-3-4-8-14(15(17)18)16-13-9-6-5-7-12(13)10-11-19-2/h5-7,9,14,16H,3-4,8,10-11H2,1-2H3,(H,17,18). The van der Waals surface area contributed by atoms with Crippen LogP contribution in [0, 0.1) is 0 Å². The number of aliphatic carboxylic acids is 1. The molecule has 0 radical (unpaired) electrons. The normalized spacial score (nSPS) is 12.1. The van der Waals surface area contributed by atoms with Gasteiger partial charge in [-0.25, -0.2) is 4.79 Å². The first kappa shape index (κ1) is 15.5. The summed E-state index contributed by atoms with van der Waals surface area (Å²) < 4.78 is 5.07. The molecule has 1 aromatic carbocycles. The lowest BCUT2D eigenvalue weighted by atomic mass is 10.1. The summed E-state index contributed by atoms with van der Waals surface area (Å²) in [5, 5.41) is 12.4. The summed E-state index contributed by atoms with van der Waals surface area (Å²) in [7, 11) is 1.66. The van der Waals surface area contributed by atoms with Gasteiger partial charge in [0.05, 0.1) is 6.61 Å². The first-order valence-corrected chi connectivity index (χ1v) is 6.75. The quantitative estimate of drug-likeness (QED) is 0.720. The maximum atomic E-state index is 11.2. The maximum absolute atomic E-state index is 11.2. The minimum atomic E-state index is -0.796. The molecule has 0 fully saturated rings. The molecular formula is C15H23NO3. The highest BCUT2D eigenvalue weighted by Gasteiger charge is 2.17. The zero-order chi connectivity index (χ0) is 14.1. The van der Waals surface area contributed by atoms with E-state index in [0.29, 0.717) is 13.0 Å². The predicted octanol–water partition coefficient (Wildman–Crippen LogP) is 2.93. The minimum Gasteiger partial charge on any atom is -0.480 e. The van der Waals surface area contributed by atoms with Gasteiger partial charge in [0, 0.05) is 12.8 Å². The van der Waals surface area contributed by atoms with Crippen LogP contribution in [-0.4, -0.2) is 30.8 Å². The zero-order valence-corrected chi connectivity index (χ0v) is 11.7. The molecule has 106 valence electrons. The molecule has 0 amide bonds. The lowest BCUT2D eigenvalue weighted by Gasteiger charge is -2.18. The number of carbonyl (C=O) groups is 1. The van der Waals surface area contributed by atoms with E-state index in [2.05, 4.69) is 12.2 Å².